The van der Waals surface area contributed by atoms with Gasteiger partial charge in [-0.15, -0.1) is 0 Å². The fourth-order valence-corrected chi connectivity index (χ4v) is 4.47. The number of nitrogens with zero attached hydrogens (tertiary/aromatic N) is 2. The molecule has 7 heteroatoms. The summed E-state index contributed by atoms with van der Waals surface area (Å²) in [5.41, 5.74) is 4.57. The van der Waals surface area contributed by atoms with E-state index < -0.39 is 5.82 Å². The largest absolute Gasteiger partial charge is 0.322 e. The minimum absolute atomic E-state index is 0.0363. The van der Waals surface area contributed by atoms with Crippen molar-refractivity contribution in [2.24, 2.45) is 0 Å². The maximum absolute atomic E-state index is 13.3. The number of pyridine rings is 1. The molecule has 0 saturated carbocycles. The number of hydrogen-bond donors (Lipinski definition) is 1. The highest BCUT2D eigenvalue weighted by Gasteiger charge is 2.27. The van der Waals surface area contributed by atoms with Gasteiger partial charge in [0.15, 0.2) is 0 Å². The zero-order valence-electron chi connectivity index (χ0n) is 16.6. The Morgan fingerprint density at radius 3 is 2.67 bits per heavy atom. The number of rotatable bonds is 4. The molecule has 3 aromatic rings. The molecule has 4 rings (SSSR count). The van der Waals surface area contributed by atoms with Gasteiger partial charge in [-0.3, -0.25) is 9.59 Å². The number of halogens is 1. The van der Waals surface area contributed by atoms with Crippen LogP contribution in [0.5, 0.6) is 0 Å². The van der Waals surface area contributed by atoms with Gasteiger partial charge >= 0.3 is 0 Å². The van der Waals surface area contributed by atoms with Gasteiger partial charge in [0, 0.05) is 16.9 Å². The molecule has 0 bridgehead atoms. The monoisotopic (exact) mass is 421 g/mol. The van der Waals surface area contributed by atoms with Crippen molar-refractivity contribution in [3.63, 3.8) is 0 Å². The lowest BCUT2D eigenvalue weighted by Crippen LogP contribution is -2.35. The van der Waals surface area contributed by atoms with Crippen molar-refractivity contribution in [3.8, 4) is 0 Å². The number of carbonyl (C=O) groups is 2. The van der Waals surface area contributed by atoms with Gasteiger partial charge in [0.25, 0.3) is 5.91 Å². The quantitative estimate of drug-likeness (QED) is 0.662. The molecule has 0 aliphatic carbocycles. The average molecular weight is 421 g/mol. The molecular formula is C23H20FN3O2S. The number of amides is 2. The molecule has 0 spiro atoms. The molecule has 30 heavy (non-hydrogen) atoms. The lowest BCUT2D eigenvalue weighted by atomic mass is 10.1. The molecule has 1 aliphatic rings. The number of nitrogens with one attached hydrogen (secondary N) is 1. The predicted molar refractivity (Wildman–Crippen MR) is 116 cm³/mol. The van der Waals surface area contributed by atoms with Crippen LogP contribution in [-0.4, -0.2) is 22.6 Å². The van der Waals surface area contributed by atoms with Crippen molar-refractivity contribution < 1.29 is 14.0 Å². The van der Waals surface area contributed by atoms with E-state index in [2.05, 4.69) is 10.3 Å². The topological polar surface area (TPSA) is 62.3 Å². The molecule has 1 aliphatic heterocycles. The fraction of sp³-hybridized carbons (Fsp3) is 0.174. The highest BCUT2D eigenvalue weighted by Crippen LogP contribution is 2.37. The lowest BCUT2D eigenvalue weighted by molar-refractivity contribution is -0.116. The molecule has 1 aromatic heterocycles. The molecule has 5 nitrogen and oxygen atoms in total. The SMILES string of the molecule is Cc1cc(C)c2c(n1)SCC(=O)N2Cc1ccc(C(=O)Nc2cccc(F)c2)cc1. The predicted octanol–water partition coefficient (Wildman–Crippen LogP) is 4.73. The van der Waals surface area contributed by atoms with Crippen molar-refractivity contribution in [2.75, 3.05) is 16.0 Å². The average Bonchev–Trinajstić information content (AvgIpc) is 2.70. The van der Waals surface area contributed by atoms with Gasteiger partial charge < -0.3 is 10.2 Å². The number of carbonyl (C=O) groups excluding carboxylic acids is 2. The van der Waals surface area contributed by atoms with Gasteiger partial charge in [0.1, 0.15) is 10.8 Å². The second kappa shape index (κ2) is 8.28. The highest BCUT2D eigenvalue weighted by molar-refractivity contribution is 8.00. The first kappa shape index (κ1) is 20.1. The lowest BCUT2D eigenvalue weighted by Gasteiger charge is -2.30. The Morgan fingerprint density at radius 1 is 1.17 bits per heavy atom. The minimum atomic E-state index is -0.409. The Bertz CT molecular complexity index is 1130. The van der Waals surface area contributed by atoms with E-state index in [0.717, 1.165) is 27.5 Å². The number of thioether (sulfide) groups is 1. The van der Waals surface area contributed by atoms with Crippen LogP contribution in [0.4, 0.5) is 15.8 Å². The zero-order valence-corrected chi connectivity index (χ0v) is 17.4. The number of fused-ring (bicyclic) bond motifs is 1. The number of hydrogen-bond acceptors (Lipinski definition) is 4. The van der Waals surface area contributed by atoms with Crippen LogP contribution in [0.25, 0.3) is 0 Å². The van der Waals surface area contributed by atoms with E-state index in [1.54, 1.807) is 23.1 Å². The van der Waals surface area contributed by atoms with Crippen molar-refractivity contribution in [2.45, 2.75) is 25.4 Å². The van der Waals surface area contributed by atoms with Gasteiger partial charge in [-0.25, -0.2) is 9.37 Å². The molecule has 152 valence electrons. The standard InChI is InChI=1S/C23H20FN3O2S/c1-14-10-15(2)25-23-21(14)27(20(28)13-30-23)12-16-6-8-17(9-7-16)22(29)26-19-5-3-4-18(24)11-19/h3-11H,12-13H2,1-2H3,(H,26,29). The highest BCUT2D eigenvalue weighted by atomic mass is 32.2. The molecule has 2 aromatic carbocycles. The number of benzene rings is 2. The summed E-state index contributed by atoms with van der Waals surface area (Å²) in [5, 5.41) is 3.55. The Kier molecular flexibility index (Phi) is 5.55. The van der Waals surface area contributed by atoms with Crippen LogP contribution in [0, 0.1) is 19.7 Å². The zero-order chi connectivity index (χ0) is 21.3. The third-order valence-corrected chi connectivity index (χ3v) is 5.77. The number of anilines is 2. The summed E-state index contributed by atoms with van der Waals surface area (Å²) in [4.78, 5) is 31.3. The van der Waals surface area contributed by atoms with E-state index >= 15 is 0 Å². The second-order valence-corrected chi connectivity index (χ2v) is 8.13. The molecule has 0 unspecified atom stereocenters. The van der Waals surface area contributed by atoms with Crippen molar-refractivity contribution in [1.82, 2.24) is 4.98 Å². The molecule has 1 N–H and O–H groups in total. The van der Waals surface area contributed by atoms with Gasteiger partial charge in [-0.05, 0) is 61.4 Å². The molecule has 0 radical (unpaired) electrons. The summed E-state index contributed by atoms with van der Waals surface area (Å²) < 4.78 is 13.3. The second-order valence-electron chi connectivity index (χ2n) is 7.16. The summed E-state index contributed by atoms with van der Waals surface area (Å²) in [7, 11) is 0. The van der Waals surface area contributed by atoms with Crippen LogP contribution in [-0.2, 0) is 11.3 Å². The third kappa shape index (κ3) is 4.21. The molecule has 0 atom stereocenters. The van der Waals surface area contributed by atoms with Crippen LogP contribution in [0.1, 0.15) is 27.2 Å². The van der Waals surface area contributed by atoms with Gasteiger partial charge in [0.2, 0.25) is 5.91 Å². The maximum Gasteiger partial charge on any atom is 0.255 e. The summed E-state index contributed by atoms with van der Waals surface area (Å²) in [6.45, 7) is 4.34. The van der Waals surface area contributed by atoms with Gasteiger partial charge in [0.05, 0.1) is 18.0 Å². The summed E-state index contributed by atoms with van der Waals surface area (Å²) in [6, 6.07) is 14.8. The van der Waals surface area contributed by atoms with E-state index in [1.807, 2.05) is 32.0 Å². The van der Waals surface area contributed by atoms with E-state index in [1.165, 1.54) is 30.0 Å². The third-order valence-electron chi connectivity index (χ3n) is 4.82. The van der Waals surface area contributed by atoms with Crippen LogP contribution in [0.2, 0.25) is 0 Å². The van der Waals surface area contributed by atoms with Crippen molar-refractivity contribution >= 4 is 35.0 Å². The molecule has 2 amide bonds. The molecular weight excluding hydrogens is 401 g/mol. The minimum Gasteiger partial charge on any atom is -0.322 e. The van der Waals surface area contributed by atoms with Crippen molar-refractivity contribution in [3.05, 3.63) is 82.8 Å². The first-order valence-corrected chi connectivity index (χ1v) is 10.5. The summed E-state index contributed by atoms with van der Waals surface area (Å²) in [5.74, 6) is -0.336. The Hall–Kier alpha value is -3.19. The first-order chi connectivity index (χ1) is 14.4. The smallest absolute Gasteiger partial charge is 0.255 e. The van der Waals surface area contributed by atoms with Gasteiger partial charge in [-0.2, -0.15) is 0 Å². The molecule has 0 saturated heterocycles. The van der Waals surface area contributed by atoms with Gasteiger partial charge in [-0.1, -0.05) is 30.0 Å². The van der Waals surface area contributed by atoms with Crippen LogP contribution < -0.4 is 10.2 Å². The van der Waals surface area contributed by atoms with Crippen molar-refractivity contribution in [1.29, 1.82) is 0 Å². The van der Waals surface area contributed by atoms with Crippen LogP contribution in [0.3, 0.4) is 0 Å². The van der Waals surface area contributed by atoms with E-state index in [4.69, 9.17) is 0 Å². The number of aromatic nitrogens is 1. The Labute approximate surface area is 178 Å². The van der Waals surface area contributed by atoms with E-state index in [9.17, 15) is 14.0 Å². The van der Waals surface area contributed by atoms with Crippen LogP contribution >= 0.6 is 11.8 Å². The fourth-order valence-electron chi connectivity index (χ4n) is 3.44. The first-order valence-electron chi connectivity index (χ1n) is 9.48. The molecule has 0 fully saturated rings. The normalized spacial score (nSPS) is 13.2. The van der Waals surface area contributed by atoms with Crippen LogP contribution in [0.15, 0.2) is 59.6 Å². The van der Waals surface area contributed by atoms with E-state index in [-0.39, 0.29) is 11.8 Å². The maximum atomic E-state index is 13.3. The van der Waals surface area contributed by atoms with E-state index in [0.29, 0.717) is 23.5 Å². The number of aryl methyl sites for hydroxylation is 2. The summed E-state index contributed by atoms with van der Waals surface area (Å²) >= 11 is 1.47. The molecule has 2 heterocycles. The summed E-state index contributed by atoms with van der Waals surface area (Å²) in [6.07, 6.45) is 0. The Balaban J connectivity index is 1.52. The Morgan fingerprint density at radius 2 is 1.93 bits per heavy atom.